The van der Waals surface area contributed by atoms with Crippen LogP contribution in [-0.4, -0.2) is 19.3 Å². The van der Waals surface area contributed by atoms with Gasteiger partial charge in [-0.05, 0) is 30.7 Å². The lowest BCUT2D eigenvalue weighted by atomic mass is 10.1. The fraction of sp³-hybridized carbons (Fsp3) is 0.235. The van der Waals surface area contributed by atoms with E-state index in [0.29, 0.717) is 29.3 Å². The van der Waals surface area contributed by atoms with Gasteiger partial charge in [-0.2, -0.15) is 0 Å². The Morgan fingerprint density at radius 2 is 1.88 bits per heavy atom. The number of halogens is 1. The predicted octanol–water partition coefficient (Wildman–Crippen LogP) is 4.54. The molecule has 0 saturated carbocycles. The van der Waals surface area contributed by atoms with Gasteiger partial charge in [0.05, 0.1) is 11.4 Å². The molecule has 134 valence electrons. The number of unbranched alkanes of at least 4 members (excludes halogenated alkanes) is 1. The first-order valence-corrected chi connectivity index (χ1v) is 9.73. The average molecular weight is 399 g/mol. The topological polar surface area (TPSA) is 67.4 Å². The Kier molecular flexibility index (Phi) is 7.49. The molecule has 2 aromatic rings. The maximum absolute atomic E-state index is 11.2. The lowest BCUT2D eigenvalue weighted by molar-refractivity contribution is 0.486. The summed E-state index contributed by atoms with van der Waals surface area (Å²) in [7, 11) is -2.87. The molecule has 8 heteroatoms. The number of benzene rings is 2. The van der Waals surface area contributed by atoms with Crippen molar-refractivity contribution >= 4 is 50.4 Å². The fourth-order valence-corrected chi connectivity index (χ4v) is 2.76. The summed E-state index contributed by atoms with van der Waals surface area (Å²) in [5.74, 6) is 0.963. The first kappa shape index (κ1) is 19.5. The van der Waals surface area contributed by atoms with Gasteiger partial charge in [-0.3, -0.25) is 4.72 Å². The van der Waals surface area contributed by atoms with Crippen molar-refractivity contribution in [1.82, 2.24) is 0 Å². The highest BCUT2D eigenvalue weighted by Gasteiger charge is 2.15. The van der Waals surface area contributed by atoms with Crippen molar-refractivity contribution in [2.24, 2.45) is 0 Å². The fourth-order valence-electron chi connectivity index (χ4n) is 2.17. The van der Waals surface area contributed by atoms with Crippen molar-refractivity contribution in [3.63, 3.8) is 0 Å². The highest BCUT2D eigenvalue weighted by Crippen LogP contribution is 2.39. The zero-order valence-corrected chi connectivity index (χ0v) is 16.1. The number of nitrogens with one attached hydrogen (secondary N) is 2. The number of hydrogen-bond acceptors (Lipinski definition) is 5. The molecule has 0 radical (unpaired) electrons. The van der Waals surface area contributed by atoms with E-state index in [1.807, 2.05) is 18.2 Å². The molecule has 0 spiro atoms. The number of anilines is 2. The number of ether oxygens (including phenoxy) is 1. The van der Waals surface area contributed by atoms with Gasteiger partial charge in [0.25, 0.3) is 0 Å². The zero-order chi connectivity index (χ0) is 18.2. The van der Waals surface area contributed by atoms with Crippen LogP contribution in [0.5, 0.6) is 11.5 Å². The van der Waals surface area contributed by atoms with Crippen molar-refractivity contribution in [2.45, 2.75) is 19.8 Å². The molecule has 0 aromatic heterocycles. The van der Waals surface area contributed by atoms with E-state index < -0.39 is 10.9 Å². The van der Waals surface area contributed by atoms with E-state index in [-0.39, 0.29) is 10.0 Å². The van der Waals surface area contributed by atoms with Gasteiger partial charge in [0.1, 0.15) is 10.1 Å². The summed E-state index contributed by atoms with van der Waals surface area (Å²) in [5, 5.41) is 3.26. The molecule has 0 saturated heterocycles. The van der Waals surface area contributed by atoms with Crippen LogP contribution in [0.1, 0.15) is 25.3 Å². The first-order valence-electron chi connectivity index (χ1n) is 7.77. The second kappa shape index (κ2) is 9.60. The highest BCUT2D eigenvalue weighted by atomic mass is 35.5. The molecule has 0 unspecified atom stereocenters. The van der Waals surface area contributed by atoms with Crippen molar-refractivity contribution in [2.75, 3.05) is 16.6 Å². The third-order valence-corrected chi connectivity index (χ3v) is 4.21. The first-order chi connectivity index (χ1) is 12.0. The average Bonchev–Trinajstić information content (AvgIpc) is 2.57. The SMILES string of the molecule is CCCCNc1cc(C(=S)Cl)cc(N[SH](=O)=O)c1Oc1ccccc1. The molecule has 0 aliphatic carbocycles. The summed E-state index contributed by atoms with van der Waals surface area (Å²) < 4.78 is 30.9. The van der Waals surface area contributed by atoms with Crippen molar-refractivity contribution in [1.29, 1.82) is 0 Å². The molecule has 0 bridgehead atoms. The standard InChI is InChI=1S/C17H19ClN2O3S2/c1-2-3-9-19-14-10-12(17(18)24)11-15(20-25(21)22)16(14)23-13-7-5-4-6-8-13/h4-8,10-11,19,25H,2-3,9H2,1H3,(H,20,21,22). The Morgan fingerprint density at radius 3 is 2.48 bits per heavy atom. The number of hydrogen-bond donors (Lipinski definition) is 3. The van der Waals surface area contributed by atoms with Crippen molar-refractivity contribution in [3.8, 4) is 11.5 Å². The van der Waals surface area contributed by atoms with Crippen LogP contribution in [0, 0.1) is 0 Å². The van der Waals surface area contributed by atoms with Crippen LogP contribution in [0.2, 0.25) is 0 Å². The Hall–Kier alpha value is -1.83. The lowest BCUT2D eigenvalue weighted by Crippen LogP contribution is -2.07. The minimum Gasteiger partial charge on any atom is -0.453 e. The van der Waals surface area contributed by atoms with E-state index in [2.05, 4.69) is 17.0 Å². The van der Waals surface area contributed by atoms with Gasteiger partial charge < -0.3 is 10.1 Å². The van der Waals surface area contributed by atoms with Crippen LogP contribution in [0.4, 0.5) is 11.4 Å². The maximum Gasteiger partial charge on any atom is 0.222 e. The number of thiocarbonyl (C=S) groups is 1. The molecule has 0 aliphatic heterocycles. The Bertz CT molecular complexity index is 803. The second-order valence-electron chi connectivity index (χ2n) is 5.24. The second-order valence-corrected chi connectivity index (χ2v) is 6.99. The molecule has 25 heavy (non-hydrogen) atoms. The maximum atomic E-state index is 11.2. The zero-order valence-electron chi connectivity index (χ0n) is 13.6. The molecular formula is C17H19ClN2O3S2. The third kappa shape index (κ3) is 5.88. The van der Waals surface area contributed by atoms with Crippen LogP contribution in [0.15, 0.2) is 42.5 Å². The van der Waals surface area contributed by atoms with Gasteiger partial charge in [-0.1, -0.05) is 55.4 Å². The summed E-state index contributed by atoms with van der Waals surface area (Å²) in [6.07, 6.45) is 1.98. The van der Waals surface area contributed by atoms with Crippen LogP contribution < -0.4 is 14.8 Å². The smallest absolute Gasteiger partial charge is 0.222 e. The largest absolute Gasteiger partial charge is 0.453 e. The summed E-state index contributed by atoms with van der Waals surface area (Å²) in [6.45, 7) is 2.80. The summed E-state index contributed by atoms with van der Waals surface area (Å²) in [6, 6.07) is 12.4. The van der Waals surface area contributed by atoms with E-state index in [4.69, 9.17) is 28.6 Å². The highest BCUT2D eigenvalue weighted by molar-refractivity contribution is 7.83. The van der Waals surface area contributed by atoms with Gasteiger partial charge in [-0.15, -0.1) is 0 Å². The molecule has 2 rings (SSSR count). The normalized spacial score (nSPS) is 10.5. The van der Waals surface area contributed by atoms with Gasteiger partial charge in [0.2, 0.25) is 10.9 Å². The molecule has 2 N–H and O–H groups in total. The van der Waals surface area contributed by atoms with Crippen LogP contribution in [0.25, 0.3) is 0 Å². The van der Waals surface area contributed by atoms with Crippen molar-refractivity contribution < 1.29 is 13.2 Å². The number of thiol groups is 1. The number of para-hydroxylation sites is 1. The van der Waals surface area contributed by atoms with Crippen LogP contribution in [-0.2, 0) is 10.9 Å². The monoisotopic (exact) mass is 398 g/mol. The molecule has 0 heterocycles. The summed E-state index contributed by atoms with van der Waals surface area (Å²) in [5.41, 5.74) is 1.44. The van der Waals surface area contributed by atoms with Crippen LogP contribution >= 0.6 is 23.8 Å². The minimum atomic E-state index is -2.87. The van der Waals surface area contributed by atoms with E-state index in [0.717, 1.165) is 12.8 Å². The van der Waals surface area contributed by atoms with Crippen LogP contribution in [0.3, 0.4) is 0 Å². The lowest BCUT2D eigenvalue weighted by Gasteiger charge is -2.18. The van der Waals surface area contributed by atoms with E-state index in [9.17, 15) is 8.42 Å². The molecule has 0 aliphatic rings. The Balaban J connectivity index is 2.50. The van der Waals surface area contributed by atoms with E-state index in [1.54, 1.807) is 24.3 Å². The minimum absolute atomic E-state index is 0.147. The van der Waals surface area contributed by atoms with Gasteiger partial charge in [-0.25, -0.2) is 8.42 Å². The van der Waals surface area contributed by atoms with Gasteiger partial charge in [0, 0.05) is 12.1 Å². The number of rotatable bonds is 9. The van der Waals surface area contributed by atoms with E-state index >= 15 is 0 Å². The third-order valence-electron chi connectivity index (χ3n) is 3.34. The van der Waals surface area contributed by atoms with E-state index in [1.165, 1.54) is 0 Å². The molecule has 0 amide bonds. The predicted molar refractivity (Wildman–Crippen MR) is 108 cm³/mol. The molecular weight excluding hydrogens is 380 g/mol. The molecule has 2 aromatic carbocycles. The van der Waals surface area contributed by atoms with Crippen molar-refractivity contribution in [3.05, 3.63) is 48.0 Å². The summed E-state index contributed by atoms with van der Waals surface area (Å²) in [4.78, 5) is 0. The quantitative estimate of drug-likeness (QED) is 0.250. The summed E-state index contributed by atoms with van der Waals surface area (Å²) >= 11 is 11.0. The van der Waals surface area contributed by atoms with Gasteiger partial charge >= 0.3 is 0 Å². The Morgan fingerprint density at radius 1 is 1.20 bits per heavy atom. The molecule has 0 atom stereocenters. The van der Waals surface area contributed by atoms with Gasteiger partial charge in [0.15, 0.2) is 5.75 Å². The molecule has 0 fully saturated rings. The molecule has 5 nitrogen and oxygen atoms in total. The Labute approximate surface area is 159 Å².